The highest BCUT2D eigenvalue weighted by atomic mass is 19.3. The van der Waals surface area contributed by atoms with Crippen LogP contribution in [0.3, 0.4) is 0 Å². The smallest absolute Gasteiger partial charge is 0.304 e. The van der Waals surface area contributed by atoms with Crippen LogP contribution < -0.4 is 0 Å². The third-order valence-corrected chi connectivity index (χ3v) is 0.736. The maximum atomic E-state index is 11.8. The highest BCUT2D eigenvalue weighted by molar-refractivity contribution is 5.10. The van der Waals surface area contributed by atoms with Crippen molar-refractivity contribution in [3.63, 3.8) is 0 Å². The Morgan fingerprint density at radius 1 is 1.30 bits per heavy atom. The lowest BCUT2D eigenvalue weighted by Crippen LogP contribution is -2.10. The summed E-state index contributed by atoms with van der Waals surface area (Å²) >= 11 is 0. The molecule has 0 aliphatic heterocycles. The van der Waals surface area contributed by atoms with Crippen molar-refractivity contribution in [2.45, 2.75) is 6.10 Å². The van der Waals surface area contributed by atoms with E-state index in [-0.39, 0.29) is 0 Å². The molecule has 0 heterocycles. The van der Waals surface area contributed by atoms with Crippen LogP contribution in [0, 0.1) is 0 Å². The summed E-state index contributed by atoms with van der Waals surface area (Å²) in [5.74, 6) is -3.13. The van der Waals surface area contributed by atoms with E-state index in [0.717, 1.165) is 0 Å². The normalized spacial score (nSPS) is 12.4. The van der Waals surface area contributed by atoms with Gasteiger partial charge in [-0.1, -0.05) is 6.58 Å². The number of hydrogen-bond acceptors (Lipinski definition) is 2. The SMILES string of the molecule is C=C(O)C(O)C(F)=C(F)F. The van der Waals surface area contributed by atoms with Crippen molar-refractivity contribution < 1.29 is 23.4 Å². The van der Waals surface area contributed by atoms with E-state index in [1.807, 2.05) is 0 Å². The van der Waals surface area contributed by atoms with Crippen molar-refractivity contribution in [3.8, 4) is 0 Å². The first-order valence-electron chi connectivity index (χ1n) is 2.23. The number of aliphatic hydroxyl groups excluding tert-OH is 2. The summed E-state index contributed by atoms with van der Waals surface area (Å²) in [4.78, 5) is 0. The molecule has 0 radical (unpaired) electrons. The van der Waals surface area contributed by atoms with Crippen molar-refractivity contribution >= 4 is 0 Å². The predicted octanol–water partition coefficient (Wildman–Crippen LogP) is 1.50. The molecular weight excluding hydrogens is 149 g/mol. The second-order valence-corrected chi connectivity index (χ2v) is 1.50. The van der Waals surface area contributed by atoms with Crippen molar-refractivity contribution in [1.82, 2.24) is 0 Å². The highest BCUT2D eigenvalue weighted by Gasteiger charge is 2.18. The molecule has 0 fully saturated rings. The molecular formula is C5H5F3O2. The molecule has 5 heteroatoms. The zero-order chi connectivity index (χ0) is 8.31. The fourth-order valence-electron chi connectivity index (χ4n) is 0.250. The fraction of sp³-hybridized carbons (Fsp3) is 0.200. The van der Waals surface area contributed by atoms with Gasteiger partial charge in [-0.05, 0) is 0 Å². The molecule has 0 saturated heterocycles. The Morgan fingerprint density at radius 2 is 1.70 bits per heavy atom. The molecule has 0 bridgehead atoms. The van der Waals surface area contributed by atoms with Crippen LogP contribution in [0.15, 0.2) is 24.2 Å². The van der Waals surface area contributed by atoms with E-state index in [1.54, 1.807) is 0 Å². The first-order chi connectivity index (χ1) is 4.46. The van der Waals surface area contributed by atoms with Gasteiger partial charge in [-0.3, -0.25) is 0 Å². The fourth-order valence-corrected chi connectivity index (χ4v) is 0.250. The van der Waals surface area contributed by atoms with E-state index >= 15 is 0 Å². The molecule has 0 rings (SSSR count). The van der Waals surface area contributed by atoms with Gasteiger partial charge in [0, 0.05) is 0 Å². The van der Waals surface area contributed by atoms with Crippen molar-refractivity contribution in [3.05, 3.63) is 24.2 Å². The topological polar surface area (TPSA) is 40.5 Å². The lowest BCUT2D eigenvalue weighted by atomic mass is 10.3. The summed E-state index contributed by atoms with van der Waals surface area (Å²) in [6.07, 6.45) is -4.98. The largest absolute Gasteiger partial charge is 0.510 e. The maximum absolute atomic E-state index is 11.8. The van der Waals surface area contributed by atoms with Crippen LogP contribution in [0.4, 0.5) is 13.2 Å². The standard InChI is InChI=1S/C5H5F3O2/c1-2(9)4(10)3(6)5(7)8/h4,9-10H,1H2. The molecule has 1 atom stereocenters. The van der Waals surface area contributed by atoms with Crippen LogP contribution in [-0.2, 0) is 0 Å². The van der Waals surface area contributed by atoms with E-state index < -0.39 is 23.8 Å². The molecule has 0 aromatic heterocycles. The molecule has 2 N–H and O–H groups in total. The van der Waals surface area contributed by atoms with E-state index in [1.165, 1.54) is 0 Å². The summed E-state index contributed by atoms with van der Waals surface area (Å²) < 4.78 is 34.3. The minimum Gasteiger partial charge on any atom is -0.510 e. The van der Waals surface area contributed by atoms with Gasteiger partial charge in [0.2, 0.25) is 5.83 Å². The van der Waals surface area contributed by atoms with Crippen molar-refractivity contribution in [1.29, 1.82) is 0 Å². The van der Waals surface area contributed by atoms with Crippen LogP contribution in [0.2, 0.25) is 0 Å². The highest BCUT2D eigenvalue weighted by Crippen LogP contribution is 2.16. The van der Waals surface area contributed by atoms with Gasteiger partial charge >= 0.3 is 6.08 Å². The second-order valence-electron chi connectivity index (χ2n) is 1.50. The zero-order valence-corrected chi connectivity index (χ0v) is 4.81. The summed E-state index contributed by atoms with van der Waals surface area (Å²) in [5, 5.41) is 16.5. The maximum Gasteiger partial charge on any atom is 0.304 e. The number of aliphatic hydroxyl groups is 2. The molecule has 0 aliphatic rings. The van der Waals surface area contributed by atoms with Crippen molar-refractivity contribution in [2.75, 3.05) is 0 Å². The van der Waals surface area contributed by atoms with Gasteiger partial charge in [0.25, 0.3) is 0 Å². The van der Waals surface area contributed by atoms with Crippen LogP contribution in [0.1, 0.15) is 0 Å². The van der Waals surface area contributed by atoms with E-state index in [2.05, 4.69) is 6.58 Å². The van der Waals surface area contributed by atoms with Gasteiger partial charge in [-0.2, -0.15) is 8.78 Å². The number of hydrogen-bond donors (Lipinski definition) is 2. The van der Waals surface area contributed by atoms with Crippen LogP contribution >= 0.6 is 0 Å². The van der Waals surface area contributed by atoms with Crippen LogP contribution in [-0.4, -0.2) is 16.3 Å². The summed E-state index contributed by atoms with van der Waals surface area (Å²) in [7, 11) is 0. The van der Waals surface area contributed by atoms with Crippen LogP contribution in [0.25, 0.3) is 0 Å². The third-order valence-electron chi connectivity index (χ3n) is 0.736. The molecule has 0 saturated carbocycles. The Morgan fingerprint density at radius 3 is 1.80 bits per heavy atom. The summed E-state index contributed by atoms with van der Waals surface area (Å²) in [6, 6.07) is 0. The lowest BCUT2D eigenvalue weighted by molar-refractivity contribution is 0.150. The van der Waals surface area contributed by atoms with Gasteiger partial charge in [-0.25, -0.2) is 4.39 Å². The number of halogens is 3. The first-order valence-corrected chi connectivity index (χ1v) is 2.23. The molecule has 10 heavy (non-hydrogen) atoms. The summed E-state index contributed by atoms with van der Waals surface area (Å²) in [5.41, 5.74) is 0. The van der Waals surface area contributed by atoms with E-state index in [9.17, 15) is 13.2 Å². The van der Waals surface area contributed by atoms with Crippen LogP contribution in [0.5, 0.6) is 0 Å². The van der Waals surface area contributed by atoms with E-state index in [0.29, 0.717) is 0 Å². The molecule has 0 aliphatic carbocycles. The Labute approximate surface area is 54.9 Å². The minimum absolute atomic E-state index is 1.05. The predicted molar refractivity (Wildman–Crippen MR) is 28.1 cm³/mol. The average Bonchev–Trinajstić information content (AvgIpc) is 1.84. The molecule has 2 nitrogen and oxygen atoms in total. The van der Waals surface area contributed by atoms with Gasteiger partial charge in [0.15, 0.2) is 6.10 Å². The van der Waals surface area contributed by atoms with Gasteiger partial charge in [0.1, 0.15) is 5.76 Å². The zero-order valence-electron chi connectivity index (χ0n) is 4.81. The molecule has 0 amide bonds. The van der Waals surface area contributed by atoms with Gasteiger partial charge in [0.05, 0.1) is 0 Å². The summed E-state index contributed by atoms with van der Waals surface area (Å²) in [6.45, 7) is 2.66. The first kappa shape index (κ1) is 9.03. The molecule has 0 aromatic carbocycles. The lowest BCUT2D eigenvalue weighted by Gasteiger charge is -2.03. The Hall–Kier alpha value is -0.970. The molecule has 0 aromatic rings. The van der Waals surface area contributed by atoms with Gasteiger partial charge < -0.3 is 10.2 Å². The van der Waals surface area contributed by atoms with Crippen molar-refractivity contribution in [2.24, 2.45) is 0 Å². The van der Waals surface area contributed by atoms with E-state index in [4.69, 9.17) is 10.2 Å². The quantitative estimate of drug-likeness (QED) is 0.591. The molecule has 1 unspecified atom stereocenters. The third kappa shape index (κ3) is 2.10. The monoisotopic (exact) mass is 154 g/mol. The second kappa shape index (κ2) is 3.26. The van der Waals surface area contributed by atoms with Gasteiger partial charge in [-0.15, -0.1) is 0 Å². The molecule has 0 spiro atoms. The average molecular weight is 154 g/mol. The Kier molecular flexibility index (Phi) is 2.95. The Balaban J connectivity index is 4.37. The minimum atomic E-state index is -2.66. The number of rotatable bonds is 2. The Bertz CT molecular complexity index is 172. The molecule has 58 valence electrons.